The molecule has 0 radical (unpaired) electrons. The van der Waals surface area contributed by atoms with Gasteiger partial charge < -0.3 is 18.9 Å². The first kappa shape index (κ1) is 42.5. The van der Waals surface area contributed by atoms with E-state index in [-0.39, 0.29) is 5.92 Å². The van der Waals surface area contributed by atoms with Crippen molar-refractivity contribution in [2.45, 2.75) is 13.3 Å². The van der Waals surface area contributed by atoms with Gasteiger partial charge >= 0.3 is 0 Å². The third kappa shape index (κ3) is 7.13. The lowest BCUT2D eigenvalue weighted by molar-refractivity contribution is 0.716. The van der Waals surface area contributed by atoms with Gasteiger partial charge in [0.05, 0.1) is 33.4 Å². The van der Waals surface area contributed by atoms with Gasteiger partial charge in [-0.3, -0.25) is 0 Å². The molecule has 4 heteroatoms. The zero-order valence-corrected chi connectivity index (χ0v) is 40.5. The standard InChI is InChI=1S/C69H50N4/c1-47-44-54(71(65-33-17-21-49-19-9-11-27-59(49)65)56-40-43-69-63(46-56)61-29-13-15-31-67(61)73(69)52-24-6-3-7-25-52)38-41-57(47)50-34-36-53(37-35-50)70(64-32-16-20-48-18-8-10-26-58(48)64)55-39-42-68-62(45-55)60-28-12-14-30-66(60)72(68)51-22-4-2-5-23-51/h2-43,45-47H,44H2,1H3. The molecule has 2 heterocycles. The van der Waals surface area contributed by atoms with Gasteiger partial charge in [0.25, 0.3) is 0 Å². The average molecular weight is 935 g/mol. The lowest BCUT2D eigenvalue weighted by atomic mass is 9.86. The highest BCUT2D eigenvalue weighted by atomic mass is 15.2. The molecule has 346 valence electrons. The summed E-state index contributed by atoms with van der Waals surface area (Å²) >= 11 is 0. The van der Waals surface area contributed by atoms with Gasteiger partial charge in [-0.15, -0.1) is 0 Å². The van der Waals surface area contributed by atoms with Gasteiger partial charge in [0, 0.05) is 66.5 Å². The predicted molar refractivity (Wildman–Crippen MR) is 310 cm³/mol. The van der Waals surface area contributed by atoms with E-state index >= 15 is 0 Å². The van der Waals surface area contributed by atoms with Crippen molar-refractivity contribution >= 4 is 99.2 Å². The molecule has 0 saturated carbocycles. The highest BCUT2D eigenvalue weighted by Gasteiger charge is 2.26. The summed E-state index contributed by atoms with van der Waals surface area (Å²) in [5, 5.41) is 9.81. The Kier molecular flexibility index (Phi) is 10.2. The van der Waals surface area contributed by atoms with Crippen LogP contribution in [0, 0.1) is 5.92 Å². The molecular weight excluding hydrogens is 885 g/mol. The highest BCUT2D eigenvalue weighted by molar-refractivity contribution is 6.12. The first-order chi connectivity index (χ1) is 36.1. The highest BCUT2D eigenvalue weighted by Crippen LogP contribution is 2.46. The van der Waals surface area contributed by atoms with Gasteiger partial charge in [0.2, 0.25) is 0 Å². The summed E-state index contributed by atoms with van der Waals surface area (Å²) in [6, 6.07) is 93.1. The van der Waals surface area contributed by atoms with E-state index in [0.717, 1.165) is 40.5 Å². The van der Waals surface area contributed by atoms with Crippen LogP contribution in [-0.2, 0) is 0 Å². The molecule has 0 aliphatic heterocycles. The van der Waals surface area contributed by atoms with E-state index in [9.17, 15) is 0 Å². The van der Waals surface area contributed by atoms with Crippen LogP contribution in [0.15, 0.2) is 273 Å². The van der Waals surface area contributed by atoms with E-state index in [4.69, 9.17) is 0 Å². The van der Waals surface area contributed by atoms with Crippen molar-refractivity contribution in [3.05, 3.63) is 278 Å². The Balaban J connectivity index is 0.877. The number of hydrogen-bond donors (Lipinski definition) is 0. The Bertz CT molecular complexity index is 4300. The minimum Gasteiger partial charge on any atom is -0.314 e. The molecule has 0 bridgehead atoms. The zero-order chi connectivity index (χ0) is 48.4. The molecule has 2 aromatic heterocycles. The largest absolute Gasteiger partial charge is 0.314 e. The topological polar surface area (TPSA) is 16.3 Å². The van der Waals surface area contributed by atoms with Crippen LogP contribution in [0.5, 0.6) is 0 Å². The molecule has 4 nitrogen and oxygen atoms in total. The van der Waals surface area contributed by atoms with E-state index in [0.29, 0.717) is 0 Å². The average Bonchev–Trinajstić information content (AvgIpc) is 3.97. The van der Waals surface area contributed by atoms with Gasteiger partial charge in [0.1, 0.15) is 0 Å². The molecule has 0 spiro atoms. The van der Waals surface area contributed by atoms with E-state index < -0.39 is 0 Å². The van der Waals surface area contributed by atoms with Crippen molar-refractivity contribution in [3.8, 4) is 11.4 Å². The zero-order valence-electron chi connectivity index (χ0n) is 40.5. The summed E-state index contributed by atoms with van der Waals surface area (Å²) in [4.78, 5) is 4.95. The van der Waals surface area contributed by atoms with Crippen LogP contribution in [0.3, 0.4) is 0 Å². The van der Waals surface area contributed by atoms with Gasteiger partial charge in [-0.05, 0) is 137 Å². The van der Waals surface area contributed by atoms with E-state index in [1.54, 1.807) is 0 Å². The Morgan fingerprint density at radius 1 is 0.342 bits per heavy atom. The van der Waals surface area contributed by atoms with Crippen LogP contribution >= 0.6 is 0 Å². The molecule has 1 aliphatic rings. The third-order valence-corrected chi connectivity index (χ3v) is 15.1. The fourth-order valence-corrected chi connectivity index (χ4v) is 11.8. The van der Waals surface area contributed by atoms with Crippen molar-refractivity contribution in [3.63, 3.8) is 0 Å². The van der Waals surface area contributed by atoms with Crippen molar-refractivity contribution in [1.29, 1.82) is 0 Å². The molecule has 14 rings (SSSR count). The minimum atomic E-state index is 0.255. The van der Waals surface area contributed by atoms with Crippen molar-refractivity contribution in [2.75, 3.05) is 9.80 Å². The van der Waals surface area contributed by atoms with Gasteiger partial charge in [0.15, 0.2) is 0 Å². The fraction of sp³-hybridized carbons (Fsp3) is 0.0435. The van der Waals surface area contributed by atoms with E-state index in [1.807, 2.05) is 0 Å². The van der Waals surface area contributed by atoms with Crippen LogP contribution in [0.25, 0.3) is 82.1 Å². The second-order valence-corrected chi connectivity index (χ2v) is 19.4. The number of benzene rings is 11. The molecule has 73 heavy (non-hydrogen) atoms. The summed E-state index contributed by atoms with van der Waals surface area (Å²) in [5.74, 6) is 0.255. The number of para-hydroxylation sites is 4. The van der Waals surface area contributed by atoms with E-state index in [2.05, 4.69) is 293 Å². The number of nitrogens with zero attached hydrogens (tertiary/aromatic N) is 4. The summed E-state index contributed by atoms with van der Waals surface area (Å²) in [5.41, 5.74) is 16.6. The molecule has 0 amide bonds. The Morgan fingerprint density at radius 2 is 0.767 bits per heavy atom. The molecule has 1 unspecified atom stereocenters. The van der Waals surface area contributed by atoms with Crippen LogP contribution in [-0.4, -0.2) is 9.13 Å². The van der Waals surface area contributed by atoms with Crippen LogP contribution in [0.4, 0.5) is 28.4 Å². The van der Waals surface area contributed by atoms with Gasteiger partial charge in [-0.25, -0.2) is 0 Å². The lowest BCUT2D eigenvalue weighted by Gasteiger charge is -2.33. The molecule has 11 aromatic carbocycles. The second-order valence-electron chi connectivity index (χ2n) is 19.4. The molecule has 1 aliphatic carbocycles. The van der Waals surface area contributed by atoms with Crippen LogP contribution < -0.4 is 9.80 Å². The molecule has 0 N–H and O–H groups in total. The SMILES string of the molecule is CC1CC(N(c2ccc3c(c2)c2ccccc2n3-c2ccccc2)c2cccc3ccccc23)=CC=C1c1ccc(N(c2ccc3c(c2)c2ccccc2n3-c2ccccc2)c2cccc3ccccc23)cc1. The number of fused-ring (bicyclic) bond motifs is 8. The van der Waals surface area contributed by atoms with E-state index in [1.165, 1.54) is 87.7 Å². The number of hydrogen-bond acceptors (Lipinski definition) is 2. The summed E-state index contributed by atoms with van der Waals surface area (Å²) in [6.45, 7) is 2.38. The monoisotopic (exact) mass is 934 g/mol. The normalized spacial score (nSPS) is 13.8. The number of rotatable bonds is 9. The van der Waals surface area contributed by atoms with Crippen molar-refractivity contribution in [2.24, 2.45) is 5.92 Å². The Labute approximate surface area is 424 Å². The summed E-state index contributed by atoms with van der Waals surface area (Å²) < 4.78 is 4.78. The fourth-order valence-electron chi connectivity index (χ4n) is 11.8. The number of aromatic nitrogens is 2. The smallest absolute Gasteiger partial charge is 0.0542 e. The molecule has 13 aromatic rings. The number of allylic oxidation sites excluding steroid dienone is 4. The Hall–Kier alpha value is -9.38. The lowest BCUT2D eigenvalue weighted by Crippen LogP contribution is -2.21. The third-order valence-electron chi connectivity index (χ3n) is 15.1. The summed E-state index contributed by atoms with van der Waals surface area (Å²) in [6.07, 6.45) is 5.61. The maximum absolute atomic E-state index is 2.51. The molecule has 0 saturated heterocycles. The van der Waals surface area contributed by atoms with Crippen LogP contribution in [0.2, 0.25) is 0 Å². The first-order valence-corrected chi connectivity index (χ1v) is 25.4. The maximum atomic E-state index is 2.51. The van der Waals surface area contributed by atoms with Gasteiger partial charge in [-0.2, -0.15) is 0 Å². The maximum Gasteiger partial charge on any atom is 0.0542 e. The van der Waals surface area contributed by atoms with Crippen molar-refractivity contribution in [1.82, 2.24) is 9.13 Å². The minimum absolute atomic E-state index is 0.255. The quantitative estimate of drug-likeness (QED) is 0.143. The summed E-state index contributed by atoms with van der Waals surface area (Å²) in [7, 11) is 0. The predicted octanol–water partition coefficient (Wildman–Crippen LogP) is 18.8. The van der Waals surface area contributed by atoms with Crippen molar-refractivity contribution < 1.29 is 0 Å². The molecular formula is C69H50N4. The van der Waals surface area contributed by atoms with Crippen LogP contribution in [0.1, 0.15) is 18.9 Å². The molecule has 1 atom stereocenters. The first-order valence-electron chi connectivity index (χ1n) is 25.4. The second kappa shape index (κ2) is 17.5. The number of anilines is 5. The van der Waals surface area contributed by atoms with Gasteiger partial charge in [-0.1, -0.05) is 171 Å². The Morgan fingerprint density at radius 3 is 1.30 bits per heavy atom. The molecule has 0 fully saturated rings.